The molecule has 0 unspecified atom stereocenters. The van der Waals surface area contributed by atoms with E-state index in [2.05, 4.69) is 10.1 Å². The highest BCUT2D eigenvalue weighted by Crippen LogP contribution is 2.34. The minimum Gasteiger partial charge on any atom is -0.339 e. The van der Waals surface area contributed by atoms with Crippen LogP contribution in [0.25, 0.3) is 0 Å². The molecule has 0 saturated heterocycles. The lowest BCUT2D eigenvalue weighted by Gasteiger charge is -2.17. The lowest BCUT2D eigenvalue weighted by Crippen LogP contribution is -2.34. The number of nitrogens with zero attached hydrogens (tertiary/aromatic N) is 2. The lowest BCUT2D eigenvalue weighted by atomic mass is 9.99. The van der Waals surface area contributed by atoms with Crippen molar-refractivity contribution in [2.75, 3.05) is 0 Å². The first kappa shape index (κ1) is 18.5. The van der Waals surface area contributed by atoms with Crippen molar-refractivity contribution < 1.29 is 18.1 Å². The van der Waals surface area contributed by atoms with E-state index in [4.69, 9.17) is 10.3 Å². The maximum Gasteiger partial charge on any atom is 0.227 e. The second-order valence-corrected chi connectivity index (χ2v) is 5.92. The third kappa shape index (κ3) is 3.79. The summed E-state index contributed by atoms with van der Waals surface area (Å²) in [5, 5.41) is 3.90. The van der Waals surface area contributed by atoms with Crippen molar-refractivity contribution in [1.82, 2.24) is 10.1 Å². The van der Waals surface area contributed by atoms with Crippen LogP contribution in [0.4, 0.5) is 8.78 Å². The molecule has 1 saturated carbocycles. The van der Waals surface area contributed by atoms with Gasteiger partial charge in [-0.1, -0.05) is 18.0 Å². The summed E-state index contributed by atoms with van der Waals surface area (Å²) in [6, 6.07) is 2.88. The Kier molecular flexibility index (Phi) is 5.66. The van der Waals surface area contributed by atoms with Gasteiger partial charge in [-0.3, -0.25) is 4.79 Å². The zero-order valence-corrected chi connectivity index (χ0v) is 13.7. The van der Waals surface area contributed by atoms with E-state index in [0.29, 0.717) is 17.8 Å². The Balaban J connectivity index is 0.00000208. The molecule has 0 amide bonds. The SMILES string of the molecule is Cl.NC1(c2noc(CCC(=O)c3ccc(F)cc3F)n2)CCCC1. The Morgan fingerprint density at radius 3 is 2.67 bits per heavy atom. The fourth-order valence-electron chi connectivity index (χ4n) is 2.86. The molecular weight excluding hydrogens is 340 g/mol. The van der Waals surface area contributed by atoms with Gasteiger partial charge in [0.25, 0.3) is 0 Å². The first-order valence-electron chi connectivity index (χ1n) is 7.58. The smallest absolute Gasteiger partial charge is 0.227 e. The van der Waals surface area contributed by atoms with Crippen molar-refractivity contribution in [3.63, 3.8) is 0 Å². The van der Waals surface area contributed by atoms with E-state index in [9.17, 15) is 13.6 Å². The Morgan fingerprint density at radius 1 is 1.29 bits per heavy atom. The summed E-state index contributed by atoms with van der Waals surface area (Å²) in [6.07, 6.45) is 3.88. The molecule has 24 heavy (non-hydrogen) atoms. The zero-order valence-electron chi connectivity index (χ0n) is 12.9. The summed E-state index contributed by atoms with van der Waals surface area (Å²) < 4.78 is 31.5. The molecule has 130 valence electrons. The van der Waals surface area contributed by atoms with Crippen LogP contribution in [0.2, 0.25) is 0 Å². The van der Waals surface area contributed by atoms with Crippen LogP contribution in [0.1, 0.15) is 54.2 Å². The van der Waals surface area contributed by atoms with Gasteiger partial charge in [0, 0.05) is 18.9 Å². The number of rotatable bonds is 5. The van der Waals surface area contributed by atoms with Gasteiger partial charge in [-0.25, -0.2) is 8.78 Å². The predicted octanol–water partition coefficient (Wildman–Crippen LogP) is 3.31. The number of aromatic nitrogens is 2. The normalized spacial score (nSPS) is 16.0. The van der Waals surface area contributed by atoms with Crippen LogP contribution in [0.15, 0.2) is 22.7 Å². The summed E-state index contributed by atoms with van der Waals surface area (Å²) in [4.78, 5) is 16.3. The van der Waals surface area contributed by atoms with Crippen LogP contribution in [0.3, 0.4) is 0 Å². The van der Waals surface area contributed by atoms with E-state index in [1.807, 2.05) is 0 Å². The third-order valence-electron chi connectivity index (χ3n) is 4.21. The first-order valence-corrected chi connectivity index (χ1v) is 7.58. The number of nitrogens with two attached hydrogens (primary N) is 1. The molecular formula is C16H18ClF2N3O2. The maximum atomic E-state index is 13.6. The maximum absolute atomic E-state index is 13.6. The van der Waals surface area contributed by atoms with Crippen LogP contribution < -0.4 is 5.73 Å². The molecule has 1 heterocycles. The number of ketones is 1. The lowest BCUT2D eigenvalue weighted by molar-refractivity contribution is 0.0975. The minimum atomic E-state index is -0.868. The van der Waals surface area contributed by atoms with Crippen LogP contribution in [-0.4, -0.2) is 15.9 Å². The fourth-order valence-corrected chi connectivity index (χ4v) is 2.86. The van der Waals surface area contributed by atoms with Crippen molar-refractivity contribution in [1.29, 1.82) is 0 Å². The van der Waals surface area contributed by atoms with E-state index >= 15 is 0 Å². The highest BCUT2D eigenvalue weighted by Gasteiger charge is 2.35. The summed E-state index contributed by atoms with van der Waals surface area (Å²) in [7, 11) is 0. The number of carbonyl (C=O) groups is 1. The first-order chi connectivity index (χ1) is 11.0. The van der Waals surface area contributed by atoms with Crippen LogP contribution >= 0.6 is 12.4 Å². The summed E-state index contributed by atoms with van der Waals surface area (Å²) in [5.41, 5.74) is 5.55. The number of halogens is 3. The highest BCUT2D eigenvalue weighted by molar-refractivity contribution is 5.96. The molecule has 0 bridgehead atoms. The third-order valence-corrected chi connectivity index (χ3v) is 4.21. The Morgan fingerprint density at radius 2 is 2.00 bits per heavy atom. The van der Waals surface area contributed by atoms with Crippen molar-refractivity contribution in [2.45, 2.75) is 44.1 Å². The number of hydrogen-bond acceptors (Lipinski definition) is 5. The molecule has 1 fully saturated rings. The summed E-state index contributed by atoms with van der Waals surface area (Å²) in [5.74, 6) is -1.26. The fraction of sp³-hybridized carbons (Fsp3) is 0.438. The topological polar surface area (TPSA) is 82.0 Å². The average Bonchev–Trinajstić information content (AvgIpc) is 3.14. The standard InChI is InChI=1S/C16H17F2N3O2.ClH/c17-10-3-4-11(12(18)9-10)13(22)5-6-14-20-15(21-23-14)16(19)7-1-2-8-16;/h3-4,9H,1-2,5-8,19H2;1H. The van der Waals surface area contributed by atoms with Gasteiger partial charge in [0.2, 0.25) is 5.89 Å². The van der Waals surface area contributed by atoms with E-state index < -0.39 is 23.0 Å². The molecule has 2 N–H and O–H groups in total. The van der Waals surface area contributed by atoms with Gasteiger partial charge in [-0.2, -0.15) is 4.98 Å². The zero-order chi connectivity index (χ0) is 16.4. The molecule has 0 atom stereocenters. The quantitative estimate of drug-likeness (QED) is 0.830. The summed E-state index contributed by atoms with van der Waals surface area (Å²) in [6.45, 7) is 0. The van der Waals surface area contributed by atoms with Gasteiger partial charge in [0.05, 0.1) is 11.1 Å². The van der Waals surface area contributed by atoms with Gasteiger partial charge in [0.1, 0.15) is 11.6 Å². The molecule has 8 heteroatoms. The van der Waals surface area contributed by atoms with Crippen molar-refractivity contribution in [2.24, 2.45) is 5.73 Å². The molecule has 1 aliphatic rings. The van der Waals surface area contributed by atoms with Gasteiger partial charge in [-0.15, -0.1) is 12.4 Å². The van der Waals surface area contributed by atoms with Crippen LogP contribution in [-0.2, 0) is 12.0 Å². The number of carbonyl (C=O) groups excluding carboxylic acids is 1. The second kappa shape index (κ2) is 7.36. The minimum absolute atomic E-state index is 0. The van der Waals surface area contributed by atoms with Crippen molar-refractivity contribution >= 4 is 18.2 Å². The van der Waals surface area contributed by atoms with Gasteiger partial charge in [-0.05, 0) is 25.0 Å². The second-order valence-electron chi connectivity index (χ2n) is 5.92. The number of Topliss-reactive ketones (excluding diaryl/α,β-unsaturated/α-hetero) is 1. The van der Waals surface area contributed by atoms with Gasteiger partial charge in [0.15, 0.2) is 11.6 Å². The Labute approximate surface area is 144 Å². The van der Waals surface area contributed by atoms with Gasteiger partial charge >= 0.3 is 0 Å². The molecule has 1 aromatic heterocycles. The molecule has 0 aliphatic heterocycles. The number of hydrogen-bond donors (Lipinski definition) is 1. The number of aryl methyl sites for hydroxylation is 1. The van der Waals surface area contributed by atoms with Crippen LogP contribution in [0, 0.1) is 11.6 Å². The van der Waals surface area contributed by atoms with Gasteiger partial charge < -0.3 is 10.3 Å². The largest absolute Gasteiger partial charge is 0.339 e. The number of benzene rings is 1. The highest BCUT2D eigenvalue weighted by atomic mass is 35.5. The van der Waals surface area contributed by atoms with E-state index in [0.717, 1.165) is 37.8 Å². The summed E-state index contributed by atoms with van der Waals surface area (Å²) >= 11 is 0. The van der Waals surface area contributed by atoms with E-state index in [-0.39, 0.29) is 30.8 Å². The van der Waals surface area contributed by atoms with E-state index in [1.54, 1.807) is 0 Å². The van der Waals surface area contributed by atoms with Crippen molar-refractivity contribution in [3.8, 4) is 0 Å². The molecule has 2 aromatic rings. The molecule has 1 aliphatic carbocycles. The molecule has 5 nitrogen and oxygen atoms in total. The Bertz CT molecular complexity index is 730. The van der Waals surface area contributed by atoms with Crippen molar-refractivity contribution in [3.05, 3.63) is 47.1 Å². The molecule has 3 rings (SSSR count). The monoisotopic (exact) mass is 357 g/mol. The Hall–Kier alpha value is -1.86. The van der Waals surface area contributed by atoms with Crippen LogP contribution in [0.5, 0.6) is 0 Å². The predicted molar refractivity (Wildman–Crippen MR) is 84.9 cm³/mol. The molecule has 0 radical (unpaired) electrons. The average molecular weight is 358 g/mol. The molecule has 1 aromatic carbocycles. The molecule has 0 spiro atoms. The van der Waals surface area contributed by atoms with E-state index in [1.165, 1.54) is 0 Å².